The molecule has 92 valence electrons. The number of benzene rings is 1. The number of para-hydroxylation sites is 1. The highest BCUT2D eigenvalue weighted by atomic mass is 35.5. The number of anilines is 2. The van der Waals surface area contributed by atoms with Gasteiger partial charge in [-0.3, -0.25) is 4.79 Å². The van der Waals surface area contributed by atoms with Crippen LogP contribution in [-0.4, -0.2) is 10.9 Å². The summed E-state index contributed by atoms with van der Waals surface area (Å²) in [4.78, 5) is 15.9. The van der Waals surface area contributed by atoms with Gasteiger partial charge in [-0.05, 0) is 30.7 Å². The van der Waals surface area contributed by atoms with E-state index in [1.54, 1.807) is 30.3 Å². The first kappa shape index (κ1) is 12.4. The predicted molar refractivity (Wildman–Crippen MR) is 72.8 cm³/mol. The van der Waals surface area contributed by atoms with E-state index in [0.717, 1.165) is 5.56 Å². The number of pyridine rings is 1. The molecule has 2 rings (SSSR count). The number of nitrogen functional groups attached to an aromatic ring is 1. The lowest BCUT2D eigenvalue weighted by molar-refractivity contribution is 0.102. The van der Waals surface area contributed by atoms with Crippen LogP contribution < -0.4 is 11.1 Å². The second-order valence-electron chi connectivity index (χ2n) is 3.86. The zero-order valence-corrected chi connectivity index (χ0v) is 10.5. The van der Waals surface area contributed by atoms with Gasteiger partial charge in [0.2, 0.25) is 0 Å². The Hall–Kier alpha value is -2.07. The maximum absolute atomic E-state index is 12.0. The van der Waals surface area contributed by atoms with Crippen LogP contribution in [0.4, 0.5) is 11.4 Å². The summed E-state index contributed by atoms with van der Waals surface area (Å²) in [7, 11) is 0. The number of nitrogens with zero attached hydrogens (tertiary/aromatic N) is 1. The molecule has 1 amide bonds. The molecule has 1 heterocycles. The van der Waals surface area contributed by atoms with Gasteiger partial charge in [0, 0.05) is 5.69 Å². The van der Waals surface area contributed by atoms with Crippen molar-refractivity contribution in [1.82, 2.24) is 4.98 Å². The second kappa shape index (κ2) is 5.06. The molecule has 5 heteroatoms. The monoisotopic (exact) mass is 261 g/mol. The van der Waals surface area contributed by atoms with E-state index < -0.39 is 0 Å². The Balaban J connectivity index is 2.24. The van der Waals surface area contributed by atoms with Crippen molar-refractivity contribution in [3.63, 3.8) is 0 Å². The molecule has 0 spiro atoms. The molecule has 0 aliphatic rings. The molecule has 0 bridgehead atoms. The van der Waals surface area contributed by atoms with Crippen LogP contribution >= 0.6 is 11.6 Å². The van der Waals surface area contributed by atoms with Gasteiger partial charge in [-0.2, -0.15) is 0 Å². The highest BCUT2D eigenvalue weighted by Gasteiger charge is 2.10. The lowest BCUT2D eigenvalue weighted by Crippen LogP contribution is -2.14. The van der Waals surface area contributed by atoms with E-state index in [-0.39, 0.29) is 5.91 Å². The largest absolute Gasteiger partial charge is 0.398 e. The van der Waals surface area contributed by atoms with Crippen LogP contribution in [0.2, 0.25) is 5.15 Å². The quantitative estimate of drug-likeness (QED) is 0.645. The van der Waals surface area contributed by atoms with Gasteiger partial charge in [-0.25, -0.2) is 4.98 Å². The lowest BCUT2D eigenvalue weighted by atomic mass is 10.1. The number of halogens is 1. The second-order valence-corrected chi connectivity index (χ2v) is 4.25. The van der Waals surface area contributed by atoms with Gasteiger partial charge in [0.15, 0.2) is 0 Å². The van der Waals surface area contributed by atoms with Crippen molar-refractivity contribution in [3.8, 4) is 0 Å². The van der Waals surface area contributed by atoms with Crippen LogP contribution in [0.15, 0.2) is 36.5 Å². The number of amides is 1. The number of rotatable bonds is 2. The summed E-state index contributed by atoms with van der Waals surface area (Å²) >= 11 is 5.75. The van der Waals surface area contributed by atoms with Crippen molar-refractivity contribution in [1.29, 1.82) is 0 Å². The third kappa shape index (κ3) is 2.60. The lowest BCUT2D eigenvalue weighted by Gasteiger charge is -2.09. The average molecular weight is 262 g/mol. The summed E-state index contributed by atoms with van der Waals surface area (Å²) in [6.07, 6.45) is 1.52. The van der Waals surface area contributed by atoms with E-state index in [0.29, 0.717) is 22.1 Å². The molecule has 1 aromatic carbocycles. The molecule has 0 fully saturated rings. The Morgan fingerprint density at radius 2 is 2.11 bits per heavy atom. The molecule has 2 aromatic rings. The number of carbonyl (C=O) groups excluding carboxylic acids is 1. The van der Waals surface area contributed by atoms with E-state index in [2.05, 4.69) is 10.3 Å². The minimum Gasteiger partial charge on any atom is -0.398 e. The first-order valence-electron chi connectivity index (χ1n) is 5.36. The Morgan fingerprint density at radius 1 is 1.39 bits per heavy atom. The smallest absolute Gasteiger partial charge is 0.257 e. The Kier molecular flexibility index (Phi) is 3.48. The van der Waals surface area contributed by atoms with Gasteiger partial charge in [-0.15, -0.1) is 0 Å². The topological polar surface area (TPSA) is 68.0 Å². The summed E-state index contributed by atoms with van der Waals surface area (Å²) in [6.45, 7) is 1.84. The predicted octanol–water partition coefficient (Wildman–Crippen LogP) is 2.88. The van der Waals surface area contributed by atoms with Gasteiger partial charge < -0.3 is 11.1 Å². The minimum atomic E-state index is -0.264. The molecule has 1 aromatic heterocycles. The first-order chi connectivity index (χ1) is 8.58. The fourth-order valence-corrected chi connectivity index (χ4v) is 1.76. The number of hydrogen-bond donors (Lipinski definition) is 2. The van der Waals surface area contributed by atoms with Crippen molar-refractivity contribution in [2.24, 2.45) is 0 Å². The highest BCUT2D eigenvalue weighted by molar-refractivity contribution is 6.29. The number of carbonyl (C=O) groups is 1. The summed E-state index contributed by atoms with van der Waals surface area (Å²) in [6, 6.07) is 8.58. The third-order valence-electron chi connectivity index (χ3n) is 2.53. The van der Waals surface area contributed by atoms with Crippen molar-refractivity contribution < 1.29 is 4.79 Å². The number of aromatic nitrogens is 1. The maximum atomic E-state index is 12.0. The molecule has 4 nitrogen and oxygen atoms in total. The summed E-state index contributed by atoms with van der Waals surface area (Å²) in [5.74, 6) is -0.264. The summed E-state index contributed by atoms with van der Waals surface area (Å²) < 4.78 is 0. The molecule has 0 radical (unpaired) electrons. The first-order valence-corrected chi connectivity index (χ1v) is 5.73. The molecular formula is C13H12ClN3O. The maximum Gasteiger partial charge on any atom is 0.257 e. The van der Waals surface area contributed by atoms with Crippen LogP contribution in [0.3, 0.4) is 0 Å². The SMILES string of the molecule is Cc1cc(Cl)ncc1NC(=O)c1ccccc1N. The number of aryl methyl sites for hydroxylation is 1. The molecule has 18 heavy (non-hydrogen) atoms. The van der Waals surface area contributed by atoms with E-state index >= 15 is 0 Å². The molecule has 0 unspecified atom stereocenters. The average Bonchev–Trinajstić information content (AvgIpc) is 2.33. The Bertz CT molecular complexity index is 599. The standard InChI is InChI=1S/C13H12ClN3O/c1-8-6-12(14)16-7-11(8)17-13(18)9-4-2-3-5-10(9)15/h2-7H,15H2,1H3,(H,17,18). The molecule has 3 N–H and O–H groups in total. The van der Waals surface area contributed by atoms with Gasteiger partial charge in [0.25, 0.3) is 5.91 Å². The number of nitrogens with one attached hydrogen (secondary N) is 1. The highest BCUT2D eigenvalue weighted by Crippen LogP contribution is 2.19. The molecular weight excluding hydrogens is 250 g/mol. The normalized spacial score (nSPS) is 10.1. The van der Waals surface area contributed by atoms with Crippen LogP contribution in [0.1, 0.15) is 15.9 Å². The fourth-order valence-electron chi connectivity index (χ4n) is 1.55. The van der Waals surface area contributed by atoms with Crippen molar-refractivity contribution in [2.45, 2.75) is 6.92 Å². The van der Waals surface area contributed by atoms with Crippen LogP contribution in [0.25, 0.3) is 0 Å². The van der Waals surface area contributed by atoms with Crippen LogP contribution in [0, 0.1) is 6.92 Å². The van der Waals surface area contributed by atoms with Gasteiger partial charge in [-0.1, -0.05) is 23.7 Å². The van der Waals surface area contributed by atoms with Crippen molar-refractivity contribution in [3.05, 3.63) is 52.8 Å². The van der Waals surface area contributed by atoms with Gasteiger partial charge in [0.05, 0.1) is 17.4 Å². The Labute approximate surface area is 110 Å². The molecule has 0 aliphatic heterocycles. The van der Waals surface area contributed by atoms with Crippen molar-refractivity contribution >= 4 is 28.9 Å². The zero-order chi connectivity index (χ0) is 13.1. The minimum absolute atomic E-state index is 0.264. The van der Waals surface area contributed by atoms with E-state index in [9.17, 15) is 4.79 Å². The van der Waals surface area contributed by atoms with E-state index in [1.165, 1.54) is 6.20 Å². The molecule has 0 atom stereocenters. The van der Waals surface area contributed by atoms with Crippen molar-refractivity contribution in [2.75, 3.05) is 11.1 Å². The zero-order valence-electron chi connectivity index (χ0n) is 9.77. The molecule has 0 saturated carbocycles. The van der Waals surface area contributed by atoms with Gasteiger partial charge >= 0.3 is 0 Å². The summed E-state index contributed by atoms with van der Waals surface area (Å²) in [5.41, 5.74) is 8.08. The fraction of sp³-hybridized carbons (Fsp3) is 0.0769. The third-order valence-corrected chi connectivity index (χ3v) is 2.74. The molecule has 0 saturated heterocycles. The van der Waals surface area contributed by atoms with Gasteiger partial charge in [0.1, 0.15) is 5.15 Å². The van der Waals surface area contributed by atoms with Crippen LogP contribution in [0.5, 0.6) is 0 Å². The van der Waals surface area contributed by atoms with E-state index in [1.807, 2.05) is 6.92 Å². The molecule has 0 aliphatic carbocycles. The van der Waals surface area contributed by atoms with Crippen LogP contribution in [-0.2, 0) is 0 Å². The van der Waals surface area contributed by atoms with E-state index in [4.69, 9.17) is 17.3 Å². The number of hydrogen-bond acceptors (Lipinski definition) is 3. The summed E-state index contributed by atoms with van der Waals surface area (Å²) in [5, 5.41) is 3.15. The Morgan fingerprint density at radius 3 is 2.78 bits per heavy atom. The number of nitrogens with two attached hydrogens (primary N) is 1.